The molecule has 8 nitrogen and oxygen atoms in total. The number of aryl methyl sites for hydroxylation is 2. The van der Waals surface area contributed by atoms with Crippen molar-refractivity contribution in [2.45, 2.75) is 91.5 Å². The quantitative estimate of drug-likeness (QED) is 0.468. The molecule has 1 aromatic carbocycles. The first kappa shape index (κ1) is 29.8. The lowest BCUT2D eigenvalue weighted by Gasteiger charge is -2.37. The van der Waals surface area contributed by atoms with E-state index in [-0.39, 0.29) is 30.2 Å². The fourth-order valence-electron chi connectivity index (χ4n) is 7.08. The standard InChI is InChI=1S/C33H48N4O4/c1-7-37(27-8-10-40-11-9-27)31-15-25(29-14-26(29)19-36-17-22(4)41-23(5)18-36)13-28(24(31)6)32(38)34-16-30-20(2)12-21(3)35-33(30)39/h12-13,15,22-23,26-27,29H,7-11,14,16-19H2,1-6H3,(H,34,38)(H,35,39)/t22-,23+,26?,29?. The maximum absolute atomic E-state index is 13.7. The van der Waals surface area contributed by atoms with Crippen LogP contribution in [-0.4, -0.2) is 73.4 Å². The van der Waals surface area contributed by atoms with E-state index in [1.807, 2.05) is 19.9 Å². The summed E-state index contributed by atoms with van der Waals surface area (Å²) < 4.78 is 11.6. The highest BCUT2D eigenvalue weighted by molar-refractivity contribution is 5.97. The van der Waals surface area contributed by atoms with E-state index < -0.39 is 0 Å². The SMILES string of the molecule is CCN(c1cc(C2CC2CN2C[C@@H](C)O[C@@H](C)C2)cc(C(=O)NCc2c(C)cc(C)[nH]c2=O)c1C)C1CCOCC1. The van der Waals surface area contributed by atoms with Gasteiger partial charge in [-0.15, -0.1) is 0 Å². The van der Waals surface area contributed by atoms with Crippen LogP contribution in [-0.2, 0) is 16.0 Å². The molecule has 1 amide bonds. The molecular formula is C33H48N4O4. The molecule has 2 saturated heterocycles. The Labute approximate surface area is 244 Å². The summed E-state index contributed by atoms with van der Waals surface area (Å²) in [5.74, 6) is 0.914. The van der Waals surface area contributed by atoms with E-state index in [9.17, 15) is 9.59 Å². The van der Waals surface area contributed by atoms with Crippen molar-refractivity contribution in [1.29, 1.82) is 0 Å². The Morgan fingerprint density at radius 3 is 2.46 bits per heavy atom. The number of nitrogens with zero attached hydrogens (tertiary/aromatic N) is 2. The second-order valence-corrected chi connectivity index (χ2v) is 12.5. The van der Waals surface area contributed by atoms with Crippen LogP contribution in [0.25, 0.3) is 0 Å². The van der Waals surface area contributed by atoms with E-state index in [1.54, 1.807) is 0 Å². The Morgan fingerprint density at radius 2 is 1.80 bits per heavy atom. The van der Waals surface area contributed by atoms with Gasteiger partial charge in [0.2, 0.25) is 0 Å². The lowest BCUT2D eigenvalue weighted by molar-refractivity contribution is -0.0690. The van der Waals surface area contributed by atoms with Gasteiger partial charge >= 0.3 is 0 Å². The number of carbonyl (C=O) groups is 1. The van der Waals surface area contributed by atoms with Gasteiger partial charge < -0.3 is 24.7 Å². The van der Waals surface area contributed by atoms with Crippen molar-refractivity contribution in [1.82, 2.24) is 15.2 Å². The summed E-state index contributed by atoms with van der Waals surface area (Å²) in [5.41, 5.74) is 6.30. The predicted octanol–water partition coefficient (Wildman–Crippen LogP) is 4.45. The summed E-state index contributed by atoms with van der Waals surface area (Å²) in [5, 5.41) is 3.07. The van der Waals surface area contributed by atoms with Crippen LogP contribution in [0.1, 0.15) is 84.3 Å². The Kier molecular flexibility index (Phi) is 9.21. The van der Waals surface area contributed by atoms with Crippen LogP contribution in [0, 0.1) is 26.7 Å². The van der Waals surface area contributed by atoms with E-state index in [1.165, 1.54) is 5.56 Å². The highest BCUT2D eigenvalue weighted by Crippen LogP contribution is 2.49. The Balaban J connectivity index is 1.41. The maximum Gasteiger partial charge on any atom is 0.253 e. The Bertz CT molecular complexity index is 1290. The molecular weight excluding hydrogens is 516 g/mol. The highest BCUT2D eigenvalue weighted by atomic mass is 16.5. The first-order valence-corrected chi connectivity index (χ1v) is 15.5. The second-order valence-electron chi connectivity index (χ2n) is 12.5. The van der Waals surface area contributed by atoms with Gasteiger partial charge in [0, 0.05) is 74.5 Å². The monoisotopic (exact) mass is 564 g/mol. The fourth-order valence-corrected chi connectivity index (χ4v) is 7.08. The van der Waals surface area contributed by atoms with Crippen LogP contribution in [0.4, 0.5) is 5.69 Å². The molecule has 3 heterocycles. The van der Waals surface area contributed by atoms with Crippen molar-refractivity contribution in [2.75, 3.05) is 44.3 Å². The summed E-state index contributed by atoms with van der Waals surface area (Å²) in [7, 11) is 0. The van der Waals surface area contributed by atoms with Crippen molar-refractivity contribution in [3.05, 3.63) is 62.1 Å². The number of morpholine rings is 1. The molecule has 2 N–H and O–H groups in total. The molecule has 3 aliphatic rings. The number of hydrogen-bond donors (Lipinski definition) is 2. The molecule has 224 valence electrons. The highest BCUT2D eigenvalue weighted by Gasteiger charge is 2.41. The first-order chi connectivity index (χ1) is 19.6. The lowest BCUT2D eigenvalue weighted by atomic mass is 9.96. The van der Waals surface area contributed by atoms with Gasteiger partial charge in [0.1, 0.15) is 0 Å². The molecule has 2 aromatic rings. The topological polar surface area (TPSA) is 86.9 Å². The van der Waals surface area contributed by atoms with E-state index in [2.05, 4.69) is 59.9 Å². The van der Waals surface area contributed by atoms with E-state index >= 15 is 0 Å². The third kappa shape index (κ3) is 6.87. The minimum Gasteiger partial charge on any atom is -0.381 e. The average molecular weight is 565 g/mol. The summed E-state index contributed by atoms with van der Waals surface area (Å²) in [6.07, 6.45) is 3.66. The van der Waals surface area contributed by atoms with E-state index in [0.717, 1.165) is 81.2 Å². The molecule has 4 atom stereocenters. The number of anilines is 1. The Morgan fingerprint density at radius 1 is 1.10 bits per heavy atom. The largest absolute Gasteiger partial charge is 0.381 e. The second kappa shape index (κ2) is 12.7. The molecule has 41 heavy (non-hydrogen) atoms. The fraction of sp³-hybridized carbons (Fsp3) is 0.636. The zero-order valence-corrected chi connectivity index (χ0v) is 25.7. The number of rotatable bonds is 9. The summed E-state index contributed by atoms with van der Waals surface area (Å²) in [6.45, 7) is 18.0. The van der Waals surface area contributed by atoms with Crippen molar-refractivity contribution >= 4 is 11.6 Å². The van der Waals surface area contributed by atoms with Crippen LogP contribution in [0.2, 0.25) is 0 Å². The molecule has 2 unspecified atom stereocenters. The van der Waals surface area contributed by atoms with Crippen molar-refractivity contribution in [3.63, 3.8) is 0 Å². The third-order valence-electron chi connectivity index (χ3n) is 9.19. The number of aromatic amines is 1. The molecule has 3 fully saturated rings. The van der Waals surface area contributed by atoms with Gasteiger partial charge in [0.05, 0.1) is 12.2 Å². The van der Waals surface area contributed by atoms with E-state index in [0.29, 0.717) is 29.0 Å². The summed E-state index contributed by atoms with van der Waals surface area (Å²) in [4.78, 5) is 34.2. The molecule has 1 saturated carbocycles. The number of carbonyl (C=O) groups excluding carboxylic acids is 1. The maximum atomic E-state index is 13.7. The van der Waals surface area contributed by atoms with Crippen LogP contribution >= 0.6 is 0 Å². The van der Waals surface area contributed by atoms with Gasteiger partial charge in [0.15, 0.2) is 0 Å². The number of benzene rings is 1. The summed E-state index contributed by atoms with van der Waals surface area (Å²) in [6, 6.07) is 6.82. The van der Waals surface area contributed by atoms with Crippen LogP contribution in [0.3, 0.4) is 0 Å². The van der Waals surface area contributed by atoms with Crippen molar-refractivity contribution in [3.8, 4) is 0 Å². The predicted molar refractivity (Wildman–Crippen MR) is 163 cm³/mol. The number of hydrogen-bond acceptors (Lipinski definition) is 6. The number of nitrogens with one attached hydrogen (secondary N) is 2. The molecule has 0 bridgehead atoms. The third-order valence-corrected chi connectivity index (χ3v) is 9.19. The number of H-pyrrole nitrogens is 1. The van der Waals surface area contributed by atoms with Gasteiger partial charge in [-0.1, -0.05) is 0 Å². The van der Waals surface area contributed by atoms with E-state index in [4.69, 9.17) is 9.47 Å². The smallest absolute Gasteiger partial charge is 0.253 e. The zero-order chi connectivity index (χ0) is 29.3. The number of ether oxygens (including phenoxy) is 2. The number of amides is 1. The number of aromatic nitrogens is 1. The zero-order valence-electron chi connectivity index (χ0n) is 25.7. The van der Waals surface area contributed by atoms with Gasteiger partial charge in [-0.25, -0.2) is 0 Å². The molecule has 8 heteroatoms. The minimum absolute atomic E-state index is 0.124. The number of pyridine rings is 1. The lowest BCUT2D eigenvalue weighted by Crippen LogP contribution is -2.46. The van der Waals surface area contributed by atoms with Crippen molar-refractivity contribution < 1.29 is 14.3 Å². The van der Waals surface area contributed by atoms with Gasteiger partial charge in [-0.3, -0.25) is 14.5 Å². The Hall–Kier alpha value is -2.68. The summed E-state index contributed by atoms with van der Waals surface area (Å²) >= 11 is 0. The van der Waals surface area contributed by atoms with Crippen molar-refractivity contribution in [2.24, 2.45) is 5.92 Å². The van der Waals surface area contributed by atoms with Crippen LogP contribution in [0.5, 0.6) is 0 Å². The van der Waals surface area contributed by atoms with Gasteiger partial charge in [0.25, 0.3) is 11.5 Å². The average Bonchev–Trinajstić information content (AvgIpc) is 3.68. The normalized spacial score (nSPS) is 25.2. The van der Waals surface area contributed by atoms with Crippen LogP contribution < -0.4 is 15.8 Å². The van der Waals surface area contributed by atoms with Crippen LogP contribution in [0.15, 0.2) is 23.0 Å². The minimum atomic E-state index is -0.141. The molecule has 1 aromatic heterocycles. The molecule has 0 spiro atoms. The van der Waals surface area contributed by atoms with Gasteiger partial charge in [-0.05, 0) is 108 Å². The van der Waals surface area contributed by atoms with Gasteiger partial charge in [-0.2, -0.15) is 0 Å². The molecule has 0 radical (unpaired) electrons. The molecule has 5 rings (SSSR count). The molecule has 2 aliphatic heterocycles. The first-order valence-electron chi connectivity index (χ1n) is 15.5. The molecule has 1 aliphatic carbocycles.